The summed E-state index contributed by atoms with van der Waals surface area (Å²) in [5, 5.41) is 70.6. The molecule has 3 saturated heterocycles. The smallest absolute Gasteiger partial charge is 0.312 e. The number of alkyl halides is 2. The van der Waals surface area contributed by atoms with Crippen molar-refractivity contribution in [3.8, 4) is 0 Å². The average molecular weight is 1150 g/mol. The number of aliphatic hydroxyl groups is 5. The summed E-state index contributed by atoms with van der Waals surface area (Å²) in [5.74, 6) is -3.19. The fraction of sp³-hybridized carbons (Fsp3) is 0.804. The molecule has 0 aliphatic carbocycles. The van der Waals surface area contributed by atoms with Gasteiger partial charge in [-0.1, -0.05) is 31.2 Å². The molecule has 22 heteroatoms. The van der Waals surface area contributed by atoms with Crippen molar-refractivity contribution in [1.29, 1.82) is 0 Å². The van der Waals surface area contributed by atoms with Crippen LogP contribution < -0.4 is 5.32 Å². The fourth-order valence-corrected chi connectivity index (χ4v) is 11.5. The number of aromatic nitrogens is 3. The maximum atomic E-state index is 14.8. The van der Waals surface area contributed by atoms with E-state index in [0.29, 0.717) is 42.8 Å². The van der Waals surface area contributed by atoms with Crippen LogP contribution in [0.5, 0.6) is 0 Å². The first-order chi connectivity index (χ1) is 34.1. The van der Waals surface area contributed by atoms with Gasteiger partial charge >= 0.3 is 5.97 Å². The lowest BCUT2D eigenvalue weighted by atomic mass is 9.77. The molecule has 0 radical (unpaired) electrons. The van der Waals surface area contributed by atoms with Crippen LogP contribution in [0.25, 0.3) is 0 Å². The molecule has 1 amide bonds. The molecule has 3 aliphatic heterocycles. The highest BCUT2D eigenvalue weighted by molar-refractivity contribution is 14.1. The Labute approximate surface area is 444 Å². The van der Waals surface area contributed by atoms with Crippen molar-refractivity contribution >= 4 is 34.5 Å². The fourth-order valence-electron chi connectivity index (χ4n) is 10.9. The first kappa shape index (κ1) is 61.3. The molecule has 0 spiro atoms. The SMILES string of the molecule is CNC(=O)c1ccc([C@@H](OC)[C@@H](CF)n2cc(CCN(C)[C@H]3C[C@@H](C)O[C@@H](O[C@@H]4[C@@H](C)[C@H](O[C@H]5C[C@@](C)(OC)[C@@H](O)[C@H](C)O5)[C@@H](C)C(=O)O[C@H](I)[C@@](C)(O)[C@H](O)[C@@H](C)N(C)C[C@H](C)C[C@@]4(C)O)[C@@H]3O)nn2)cc1. The Morgan fingerprint density at radius 3 is 2.27 bits per heavy atom. The van der Waals surface area contributed by atoms with Gasteiger partial charge in [-0.3, -0.25) is 9.59 Å². The largest absolute Gasteiger partial charge is 0.448 e. The van der Waals surface area contributed by atoms with Crippen LogP contribution in [0.2, 0.25) is 0 Å². The Morgan fingerprint density at radius 2 is 1.67 bits per heavy atom. The number of nitrogens with zero attached hydrogens (tertiary/aromatic N) is 5. The number of esters is 1. The maximum Gasteiger partial charge on any atom is 0.312 e. The molecule has 4 heterocycles. The van der Waals surface area contributed by atoms with E-state index in [1.807, 2.05) is 60.3 Å². The van der Waals surface area contributed by atoms with E-state index < -0.39 is 125 Å². The molecule has 20 nitrogen and oxygen atoms in total. The van der Waals surface area contributed by atoms with Gasteiger partial charge in [0, 0.05) is 77.0 Å². The van der Waals surface area contributed by atoms with Gasteiger partial charge in [0.05, 0.1) is 47.2 Å². The number of methoxy groups -OCH3 is 2. The number of nitrogens with one attached hydrogen (secondary N) is 1. The van der Waals surface area contributed by atoms with Gasteiger partial charge in [0.2, 0.25) is 0 Å². The van der Waals surface area contributed by atoms with Crippen LogP contribution in [0.4, 0.5) is 4.39 Å². The summed E-state index contributed by atoms with van der Waals surface area (Å²) in [7, 11) is 8.19. The van der Waals surface area contributed by atoms with Gasteiger partial charge in [-0.15, -0.1) is 5.10 Å². The molecule has 0 unspecified atom stereocenters. The maximum absolute atomic E-state index is 14.8. The van der Waals surface area contributed by atoms with Crippen LogP contribution in [0, 0.1) is 17.8 Å². The second-order valence-electron chi connectivity index (χ2n) is 21.6. The van der Waals surface area contributed by atoms with Crippen molar-refractivity contribution in [1.82, 2.24) is 30.1 Å². The number of hydrogen-bond donors (Lipinski definition) is 6. The molecule has 3 aliphatic rings. The molecule has 416 valence electrons. The van der Waals surface area contributed by atoms with Crippen molar-refractivity contribution in [2.45, 2.75) is 188 Å². The Morgan fingerprint density at radius 1 is 1.01 bits per heavy atom. The Bertz CT molecular complexity index is 2080. The van der Waals surface area contributed by atoms with Gasteiger partial charge in [-0.2, -0.15) is 0 Å². The van der Waals surface area contributed by atoms with Crippen molar-refractivity contribution < 1.29 is 72.7 Å². The number of carbonyl (C=O) groups is 2. The third-order valence-electron chi connectivity index (χ3n) is 15.6. The summed E-state index contributed by atoms with van der Waals surface area (Å²) in [6.45, 7) is 15.5. The van der Waals surface area contributed by atoms with E-state index in [2.05, 4.69) is 15.6 Å². The summed E-state index contributed by atoms with van der Waals surface area (Å²) in [5.41, 5.74) is -2.94. The van der Waals surface area contributed by atoms with Gasteiger partial charge in [0.25, 0.3) is 5.91 Å². The predicted octanol–water partition coefficient (Wildman–Crippen LogP) is 3.35. The van der Waals surface area contributed by atoms with Crippen LogP contribution in [-0.2, 0) is 44.4 Å². The molecule has 3 fully saturated rings. The third-order valence-corrected chi connectivity index (χ3v) is 17.1. The van der Waals surface area contributed by atoms with Crippen LogP contribution in [0.3, 0.4) is 0 Å². The van der Waals surface area contributed by atoms with E-state index in [4.69, 9.17) is 33.2 Å². The average Bonchev–Trinajstić information content (AvgIpc) is 3.82. The van der Waals surface area contributed by atoms with Crippen LogP contribution >= 0.6 is 22.6 Å². The molecule has 1 aromatic carbocycles. The van der Waals surface area contributed by atoms with Crippen LogP contribution in [0.1, 0.15) is 115 Å². The second-order valence-corrected chi connectivity index (χ2v) is 22.8. The topological polar surface area (TPSA) is 249 Å². The lowest BCUT2D eigenvalue weighted by molar-refractivity contribution is -0.318. The van der Waals surface area contributed by atoms with Gasteiger partial charge in [0.1, 0.15) is 42.7 Å². The molecule has 6 N–H and O–H groups in total. The van der Waals surface area contributed by atoms with Crippen molar-refractivity contribution in [3.05, 3.63) is 47.3 Å². The zero-order valence-electron chi connectivity index (χ0n) is 45.1. The number of cyclic esters (lactones) is 1. The zero-order valence-corrected chi connectivity index (χ0v) is 47.2. The minimum Gasteiger partial charge on any atom is -0.448 e. The highest BCUT2D eigenvalue weighted by Crippen LogP contribution is 2.41. The van der Waals surface area contributed by atoms with Gasteiger partial charge in [-0.25, -0.2) is 9.07 Å². The molecule has 0 saturated carbocycles. The first-order valence-electron chi connectivity index (χ1n) is 25.4. The number of aliphatic hydroxyl groups excluding tert-OH is 3. The van der Waals surface area contributed by atoms with E-state index in [1.54, 1.807) is 79.1 Å². The number of carbonyl (C=O) groups excluding carboxylic acids is 2. The number of benzene rings is 1. The summed E-state index contributed by atoms with van der Waals surface area (Å²) in [6, 6.07) is 4.77. The molecule has 20 atom stereocenters. The number of halogens is 2. The number of hydrogen-bond acceptors (Lipinski definition) is 18. The monoisotopic (exact) mass is 1150 g/mol. The zero-order chi connectivity index (χ0) is 54.5. The van der Waals surface area contributed by atoms with Crippen molar-refractivity contribution in [2.24, 2.45) is 17.8 Å². The molecule has 5 rings (SSSR count). The summed E-state index contributed by atoms with van der Waals surface area (Å²) < 4.78 is 58.7. The predicted molar refractivity (Wildman–Crippen MR) is 275 cm³/mol. The molecule has 73 heavy (non-hydrogen) atoms. The van der Waals surface area contributed by atoms with Gasteiger partial charge in [0.15, 0.2) is 16.7 Å². The van der Waals surface area contributed by atoms with Crippen molar-refractivity contribution in [2.75, 3.05) is 55.1 Å². The van der Waals surface area contributed by atoms with E-state index >= 15 is 0 Å². The van der Waals surface area contributed by atoms with E-state index in [-0.39, 0.29) is 24.7 Å². The number of amides is 1. The van der Waals surface area contributed by atoms with Crippen LogP contribution in [-0.4, -0.2) is 206 Å². The minimum absolute atomic E-state index is 0.0747. The highest BCUT2D eigenvalue weighted by atomic mass is 127. The first-order valence-corrected chi connectivity index (χ1v) is 26.6. The normalized spacial score (nSPS) is 39.5. The molecule has 1 aromatic heterocycles. The second kappa shape index (κ2) is 25.7. The Hall–Kier alpha value is -2.56. The van der Waals surface area contributed by atoms with E-state index in [1.165, 1.54) is 25.8 Å². The summed E-state index contributed by atoms with van der Waals surface area (Å²) in [4.78, 5) is 30.3. The summed E-state index contributed by atoms with van der Waals surface area (Å²) >= 11 is 1.81. The minimum atomic E-state index is -1.88. The number of likely N-dealkylation sites (N-methyl/N-ethyl adjacent to an activating group) is 2. The van der Waals surface area contributed by atoms with E-state index in [0.717, 1.165) is 0 Å². The summed E-state index contributed by atoms with van der Waals surface area (Å²) in [6.07, 6.45) is -7.35. The number of rotatable bonds is 15. The molecule has 2 aromatic rings. The Kier molecular flexibility index (Phi) is 21.6. The quantitative estimate of drug-likeness (QED) is 0.0850. The lowest BCUT2D eigenvalue weighted by Gasteiger charge is -2.49. The Balaban J connectivity index is 1.43. The van der Waals surface area contributed by atoms with Gasteiger partial charge < -0.3 is 73.8 Å². The van der Waals surface area contributed by atoms with Crippen molar-refractivity contribution in [3.63, 3.8) is 0 Å². The molecular formula is C51H84FIN6O14. The molecular weight excluding hydrogens is 1070 g/mol. The number of ether oxygens (including phenoxy) is 7. The van der Waals surface area contributed by atoms with Gasteiger partial charge in [-0.05, 0) is 122 Å². The lowest BCUT2D eigenvalue weighted by Crippen LogP contribution is -2.60. The highest BCUT2D eigenvalue weighted by Gasteiger charge is 2.53. The van der Waals surface area contributed by atoms with Crippen LogP contribution in [0.15, 0.2) is 30.5 Å². The third kappa shape index (κ3) is 14.3. The standard InChI is InChI=1S/C51H84FIN6O14/c1-27-22-49(7,65)44(29(3)40(71-38-23-50(8,68-14)43(62)32(6)70-38)30(4)46(64)73-48(53)51(9,66)42(61)31(5)58(12)25-27)72-47-39(60)36(21-28(2)69-47)57(11)20-19-35-26-59(56-55-35)37(24-52)41(67-13)33-15-17-34(18-16-33)45(63)54-10/h15-18,26-32,36-44,47-48,60-62,65-66H,19-25H2,1-14H3,(H,54,63)/t27-,28-,29+,30-,31-,32+,36+,37-,38+,39-,40+,41-,42-,43+,44-,47+,48+,49-,50-,51+/m1/s1. The molecule has 0 bridgehead atoms. The van der Waals surface area contributed by atoms with E-state index in [9.17, 15) is 39.5 Å².